The number of hydrogen-bond donors (Lipinski definition) is 1. The van der Waals surface area contributed by atoms with Crippen molar-refractivity contribution in [2.45, 2.75) is 76.8 Å². The van der Waals surface area contributed by atoms with Gasteiger partial charge >= 0.3 is 0 Å². The number of carbonyl (C=O) groups is 2. The number of unbranched alkanes of at least 4 members (excludes halogenated alkanes) is 3. The van der Waals surface area contributed by atoms with Gasteiger partial charge in [-0.1, -0.05) is 63.4 Å². The first kappa shape index (κ1) is 21.8. The van der Waals surface area contributed by atoms with E-state index in [4.69, 9.17) is 0 Å². The van der Waals surface area contributed by atoms with Crippen LogP contribution in [-0.2, 0) is 16.0 Å². The molecule has 0 aromatic heterocycles. The Balaban J connectivity index is 1.66. The second-order valence-corrected chi connectivity index (χ2v) is 8.64. The zero-order valence-corrected chi connectivity index (χ0v) is 18.2. The van der Waals surface area contributed by atoms with Crippen molar-refractivity contribution < 1.29 is 9.59 Å². The average molecular weight is 400 g/mol. The summed E-state index contributed by atoms with van der Waals surface area (Å²) in [5.41, 5.74) is 0.431. The summed E-state index contributed by atoms with van der Waals surface area (Å²) < 4.78 is 0. The molecular weight excluding hydrogens is 362 g/mol. The lowest BCUT2D eigenvalue weighted by Crippen LogP contribution is -2.73. The van der Waals surface area contributed by atoms with Crippen LogP contribution in [0.25, 0.3) is 0 Å². The maximum absolute atomic E-state index is 13.4. The van der Waals surface area contributed by atoms with Gasteiger partial charge in [0.05, 0.1) is 0 Å². The van der Waals surface area contributed by atoms with Crippen LogP contribution in [0.1, 0.15) is 64.4 Å². The summed E-state index contributed by atoms with van der Waals surface area (Å²) >= 11 is 0. The zero-order valence-electron chi connectivity index (χ0n) is 18.2. The normalized spacial score (nSPS) is 22.1. The Kier molecular flexibility index (Phi) is 7.70. The lowest BCUT2D eigenvalue weighted by molar-refractivity contribution is -0.161. The van der Waals surface area contributed by atoms with Gasteiger partial charge in [-0.25, -0.2) is 0 Å². The van der Waals surface area contributed by atoms with E-state index >= 15 is 0 Å². The van der Waals surface area contributed by atoms with Crippen LogP contribution in [0, 0.1) is 0 Å². The highest BCUT2D eigenvalue weighted by Crippen LogP contribution is 2.33. The van der Waals surface area contributed by atoms with Crippen molar-refractivity contribution >= 4 is 11.8 Å². The largest absolute Gasteiger partial charge is 0.342 e. The smallest absolute Gasteiger partial charge is 0.246 e. The third-order valence-corrected chi connectivity index (χ3v) is 6.55. The molecule has 1 spiro atoms. The standard InChI is InChI=1S/C24H37N3O2/c1-3-5-6-10-16-26-17-13-24(14-18-26)23(29)25-21(22(28)27(24)15-4-2)19-20-11-8-7-9-12-20/h7-9,11-12,21H,3-6,10,13-19H2,1-2H3,(H,25,29). The molecule has 1 aromatic carbocycles. The number of benzene rings is 1. The summed E-state index contributed by atoms with van der Waals surface area (Å²) in [4.78, 5) is 31.0. The van der Waals surface area contributed by atoms with Crippen LogP contribution in [0.4, 0.5) is 0 Å². The number of piperazine rings is 1. The first-order valence-corrected chi connectivity index (χ1v) is 11.5. The molecule has 160 valence electrons. The highest BCUT2D eigenvalue weighted by molar-refractivity contribution is 6.00. The summed E-state index contributed by atoms with van der Waals surface area (Å²) in [6.07, 6.45) is 7.98. The van der Waals surface area contributed by atoms with Crippen LogP contribution in [0.5, 0.6) is 0 Å². The van der Waals surface area contributed by atoms with Gasteiger partial charge in [-0.15, -0.1) is 0 Å². The minimum absolute atomic E-state index is 0.0529. The summed E-state index contributed by atoms with van der Waals surface area (Å²) in [6, 6.07) is 9.52. The Bertz CT molecular complexity index is 668. The molecule has 0 bridgehead atoms. The molecule has 1 atom stereocenters. The minimum atomic E-state index is -0.653. The van der Waals surface area contributed by atoms with Gasteiger partial charge in [0.1, 0.15) is 11.6 Å². The Morgan fingerprint density at radius 1 is 0.966 bits per heavy atom. The van der Waals surface area contributed by atoms with E-state index in [0.29, 0.717) is 13.0 Å². The van der Waals surface area contributed by atoms with Crippen molar-refractivity contribution in [2.75, 3.05) is 26.2 Å². The highest BCUT2D eigenvalue weighted by atomic mass is 16.2. The summed E-state index contributed by atoms with van der Waals surface area (Å²) in [5, 5.41) is 3.09. The molecule has 2 saturated heterocycles. The van der Waals surface area contributed by atoms with E-state index in [1.54, 1.807) is 0 Å². The first-order chi connectivity index (χ1) is 14.1. The Labute approximate surface area is 175 Å². The molecule has 0 saturated carbocycles. The van der Waals surface area contributed by atoms with Gasteiger partial charge in [0, 0.05) is 26.1 Å². The molecule has 3 rings (SSSR count). The molecule has 29 heavy (non-hydrogen) atoms. The van der Waals surface area contributed by atoms with Crippen molar-refractivity contribution in [3.05, 3.63) is 35.9 Å². The van der Waals surface area contributed by atoms with Gasteiger partial charge in [0.2, 0.25) is 11.8 Å². The molecule has 1 aromatic rings. The monoisotopic (exact) mass is 399 g/mol. The quantitative estimate of drug-likeness (QED) is 0.648. The zero-order chi connectivity index (χ0) is 20.7. The maximum atomic E-state index is 13.4. The summed E-state index contributed by atoms with van der Waals surface area (Å²) in [6.45, 7) is 7.89. The second-order valence-electron chi connectivity index (χ2n) is 8.64. The topological polar surface area (TPSA) is 52.7 Å². The third kappa shape index (κ3) is 5.00. The fourth-order valence-electron chi connectivity index (χ4n) is 4.82. The van der Waals surface area contributed by atoms with E-state index in [9.17, 15) is 9.59 Å². The Morgan fingerprint density at radius 3 is 2.34 bits per heavy atom. The minimum Gasteiger partial charge on any atom is -0.342 e. The molecule has 1 unspecified atom stereocenters. The number of hydrogen-bond acceptors (Lipinski definition) is 3. The molecule has 2 aliphatic heterocycles. The van der Waals surface area contributed by atoms with Gasteiger partial charge in [-0.3, -0.25) is 9.59 Å². The molecule has 0 radical (unpaired) electrons. The summed E-state index contributed by atoms with van der Waals surface area (Å²) in [7, 11) is 0. The predicted molar refractivity (Wildman–Crippen MR) is 117 cm³/mol. The van der Waals surface area contributed by atoms with E-state index in [-0.39, 0.29) is 11.8 Å². The number of nitrogens with zero attached hydrogens (tertiary/aromatic N) is 2. The van der Waals surface area contributed by atoms with Crippen molar-refractivity contribution in [1.29, 1.82) is 0 Å². The number of nitrogens with one attached hydrogen (secondary N) is 1. The van der Waals surface area contributed by atoms with Crippen LogP contribution in [0.15, 0.2) is 30.3 Å². The van der Waals surface area contributed by atoms with Gasteiger partial charge in [-0.2, -0.15) is 0 Å². The van der Waals surface area contributed by atoms with Gasteiger partial charge in [-0.05, 0) is 37.8 Å². The van der Waals surface area contributed by atoms with Crippen molar-refractivity contribution in [3.63, 3.8) is 0 Å². The summed E-state index contributed by atoms with van der Waals surface area (Å²) in [5.74, 6) is 0.142. The molecule has 2 heterocycles. The van der Waals surface area contributed by atoms with Crippen molar-refractivity contribution in [1.82, 2.24) is 15.1 Å². The Morgan fingerprint density at radius 2 is 1.69 bits per heavy atom. The molecule has 2 amide bonds. The van der Waals surface area contributed by atoms with Crippen molar-refractivity contribution in [2.24, 2.45) is 0 Å². The van der Waals surface area contributed by atoms with Crippen molar-refractivity contribution in [3.8, 4) is 0 Å². The lowest BCUT2D eigenvalue weighted by Gasteiger charge is -2.51. The van der Waals surface area contributed by atoms with Gasteiger partial charge < -0.3 is 15.1 Å². The third-order valence-electron chi connectivity index (χ3n) is 6.55. The highest BCUT2D eigenvalue weighted by Gasteiger charge is 2.53. The molecule has 2 aliphatic rings. The van der Waals surface area contributed by atoms with Crippen LogP contribution < -0.4 is 5.32 Å². The fourth-order valence-corrected chi connectivity index (χ4v) is 4.82. The fraction of sp³-hybridized carbons (Fsp3) is 0.667. The SMILES string of the molecule is CCCCCCN1CCC2(CC1)C(=O)NC(Cc1ccccc1)C(=O)N2CCC. The number of piperidine rings is 1. The van der Waals surface area contributed by atoms with E-state index in [2.05, 4.69) is 24.1 Å². The van der Waals surface area contributed by atoms with Gasteiger partial charge in [0.25, 0.3) is 0 Å². The average Bonchev–Trinajstić information content (AvgIpc) is 2.74. The van der Waals surface area contributed by atoms with Crippen LogP contribution >= 0.6 is 0 Å². The molecular formula is C24H37N3O2. The Hall–Kier alpha value is -1.88. The van der Waals surface area contributed by atoms with E-state index in [1.807, 2.05) is 35.2 Å². The molecule has 1 N–H and O–H groups in total. The van der Waals surface area contributed by atoms with Crippen LogP contribution in [0.2, 0.25) is 0 Å². The first-order valence-electron chi connectivity index (χ1n) is 11.5. The second kappa shape index (κ2) is 10.2. The van der Waals surface area contributed by atoms with Crippen LogP contribution in [0.3, 0.4) is 0 Å². The molecule has 0 aliphatic carbocycles. The lowest BCUT2D eigenvalue weighted by atomic mass is 9.81. The molecule has 5 nitrogen and oxygen atoms in total. The molecule has 5 heteroatoms. The predicted octanol–water partition coefficient (Wildman–Crippen LogP) is 3.38. The number of rotatable bonds is 9. The van der Waals surface area contributed by atoms with Gasteiger partial charge in [0.15, 0.2) is 0 Å². The van der Waals surface area contributed by atoms with Crippen LogP contribution in [-0.4, -0.2) is 59.4 Å². The van der Waals surface area contributed by atoms with E-state index < -0.39 is 11.6 Å². The number of likely N-dealkylation sites (tertiary alicyclic amines) is 1. The molecule has 2 fully saturated rings. The number of carbonyl (C=O) groups excluding carboxylic acids is 2. The maximum Gasteiger partial charge on any atom is 0.246 e. The van der Waals surface area contributed by atoms with E-state index in [0.717, 1.165) is 44.5 Å². The van der Waals surface area contributed by atoms with E-state index in [1.165, 1.54) is 25.7 Å². The number of amides is 2.